The van der Waals surface area contributed by atoms with E-state index in [1.165, 1.54) is 0 Å². The molecule has 1 aromatic rings. The fourth-order valence-electron chi connectivity index (χ4n) is 3.60. The van der Waals surface area contributed by atoms with Crippen molar-refractivity contribution < 1.29 is 19.0 Å². The highest BCUT2D eigenvalue weighted by Gasteiger charge is 2.28. The molecule has 8 heteroatoms. The second-order valence-electron chi connectivity index (χ2n) is 7.04. The number of hydrogen-bond donors (Lipinski definition) is 1. The van der Waals surface area contributed by atoms with Crippen LogP contribution in [0.5, 0.6) is 11.5 Å². The summed E-state index contributed by atoms with van der Waals surface area (Å²) in [6, 6.07) is 5.96. The van der Waals surface area contributed by atoms with Crippen LogP contribution in [0.1, 0.15) is 12.0 Å². The molecular weight excluding hydrogens is 378 g/mol. The number of benzene rings is 1. The lowest BCUT2D eigenvalue weighted by molar-refractivity contribution is 0.0283. The third-order valence-electron chi connectivity index (χ3n) is 5.16. The maximum atomic E-state index is 13.0. The first-order valence-corrected chi connectivity index (χ1v) is 11.0. The predicted octanol–water partition coefficient (Wildman–Crippen LogP) is 2.05. The Morgan fingerprint density at radius 1 is 1.21 bits per heavy atom. The van der Waals surface area contributed by atoms with Gasteiger partial charge in [0.25, 0.3) is 0 Å². The van der Waals surface area contributed by atoms with Crippen LogP contribution in [0.2, 0.25) is 0 Å². The van der Waals surface area contributed by atoms with Gasteiger partial charge >= 0.3 is 6.03 Å². The van der Waals surface area contributed by atoms with Gasteiger partial charge in [0, 0.05) is 38.5 Å². The summed E-state index contributed by atoms with van der Waals surface area (Å²) in [5.41, 5.74) is 0.986. The molecule has 2 heterocycles. The number of hydrogen-bond acceptors (Lipinski definition) is 6. The Morgan fingerprint density at radius 3 is 2.75 bits per heavy atom. The molecule has 1 atom stereocenters. The van der Waals surface area contributed by atoms with Crippen LogP contribution in [0.4, 0.5) is 4.79 Å². The van der Waals surface area contributed by atoms with Crippen LogP contribution in [0.25, 0.3) is 0 Å². The molecule has 0 aliphatic carbocycles. The minimum absolute atomic E-state index is 0.00976. The number of ether oxygens (including phenoxy) is 3. The first-order chi connectivity index (χ1) is 13.7. The first-order valence-electron chi connectivity index (χ1n) is 9.84. The van der Waals surface area contributed by atoms with Gasteiger partial charge in [0.2, 0.25) is 0 Å². The number of carbonyl (C=O) groups excluding carboxylic acids is 1. The highest BCUT2D eigenvalue weighted by atomic mass is 32.2. The topological polar surface area (TPSA) is 63.3 Å². The normalized spacial score (nSPS) is 21.1. The summed E-state index contributed by atoms with van der Waals surface area (Å²) in [6.07, 6.45) is 1.04. The van der Waals surface area contributed by atoms with E-state index in [9.17, 15) is 4.79 Å². The zero-order valence-corrected chi connectivity index (χ0v) is 17.6. The highest BCUT2D eigenvalue weighted by Crippen LogP contribution is 2.27. The van der Waals surface area contributed by atoms with Crippen LogP contribution in [0.15, 0.2) is 18.2 Å². The van der Waals surface area contributed by atoms with Crippen molar-refractivity contribution in [2.75, 3.05) is 65.1 Å². The van der Waals surface area contributed by atoms with Crippen molar-refractivity contribution in [1.29, 1.82) is 0 Å². The van der Waals surface area contributed by atoms with Crippen LogP contribution in [0.3, 0.4) is 0 Å². The maximum absolute atomic E-state index is 13.0. The van der Waals surface area contributed by atoms with Crippen LogP contribution in [0, 0.1) is 0 Å². The summed E-state index contributed by atoms with van der Waals surface area (Å²) < 4.78 is 16.1. The number of rotatable bonds is 6. The van der Waals surface area contributed by atoms with Crippen LogP contribution < -0.4 is 14.8 Å². The van der Waals surface area contributed by atoms with Crippen molar-refractivity contribution in [2.24, 2.45) is 0 Å². The van der Waals surface area contributed by atoms with Crippen molar-refractivity contribution in [2.45, 2.75) is 19.0 Å². The Bertz CT molecular complexity index is 640. The van der Waals surface area contributed by atoms with Gasteiger partial charge in [-0.05, 0) is 29.9 Å². The Balaban J connectivity index is 1.60. The lowest BCUT2D eigenvalue weighted by atomic mass is 10.2. The molecule has 7 nitrogen and oxygen atoms in total. The van der Waals surface area contributed by atoms with Crippen LogP contribution in [-0.4, -0.2) is 87.0 Å². The van der Waals surface area contributed by atoms with Crippen molar-refractivity contribution in [3.05, 3.63) is 23.8 Å². The summed E-state index contributed by atoms with van der Waals surface area (Å²) in [7, 11) is 3.23. The predicted molar refractivity (Wildman–Crippen MR) is 111 cm³/mol. The molecule has 28 heavy (non-hydrogen) atoms. The lowest BCUT2D eigenvalue weighted by Crippen LogP contribution is -2.52. The lowest BCUT2D eigenvalue weighted by Gasteiger charge is -2.35. The molecule has 0 saturated carbocycles. The molecule has 0 radical (unpaired) electrons. The monoisotopic (exact) mass is 409 g/mol. The molecule has 0 spiro atoms. The van der Waals surface area contributed by atoms with Crippen molar-refractivity contribution in [3.8, 4) is 11.5 Å². The molecular formula is C20H31N3O4S. The van der Waals surface area contributed by atoms with Crippen molar-refractivity contribution in [3.63, 3.8) is 0 Å². The minimum atomic E-state index is 0.00976. The van der Waals surface area contributed by atoms with E-state index < -0.39 is 0 Å². The van der Waals surface area contributed by atoms with E-state index in [-0.39, 0.29) is 12.1 Å². The number of morpholine rings is 1. The van der Waals surface area contributed by atoms with E-state index in [0.29, 0.717) is 18.0 Å². The van der Waals surface area contributed by atoms with E-state index >= 15 is 0 Å². The zero-order valence-electron chi connectivity index (χ0n) is 16.8. The molecule has 2 saturated heterocycles. The highest BCUT2D eigenvalue weighted by molar-refractivity contribution is 7.99. The van der Waals surface area contributed by atoms with E-state index in [2.05, 4.69) is 10.2 Å². The van der Waals surface area contributed by atoms with Gasteiger partial charge in [-0.25, -0.2) is 4.79 Å². The summed E-state index contributed by atoms with van der Waals surface area (Å²) in [5, 5.41) is 3.09. The molecule has 2 fully saturated rings. The number of urea groups is 1. The molecule has 1 aromatic carbocycles. The van der Waals surface area contributed by atoms with E-state index in [4.69, 9.17) is 14.2 Å². The van der Waals surface area contributed by atoms with Gasteiger partial charge in [0.15, 0.2) is 11.5 Å². The quantitative estimate of drug-likeness (QED) is 0.776. The molecule has 3 rings (SSSR count). The van der Waals surface area contributed by atoms with E-state index in [0.717, 1.165) is 62.9 Å². The molecule has 0 bridgehead atoms. The number of methoxy groups -OCH3 is 2. The van der Waals surface area contributed by atoms with Gasteiger partial charge < -0.3 is 24.4 Å². The average Bonchev–Trinajstić information content (AvgIpc) is 2.98. The smallest absolute Gasteiger partial charge is 0.317 e. The van der Waals surface area contributed by atoms with E-state index in [1.807, 2.05) is 34.9 Å². The number of amides is 2. The number of nitrogens with one attached hydrogen (secondary N) is 1. The number of carbonyl (C=O) groups is 1. The third-order valence-corrected chi connectivity index (χ3v) is 6.36. The van der Waals surface area contributed by atoms with Gasteiger partial charge in [-0.2, -0.15) is 11.8 Å². The molecule has 1 N–H and O–H groups in total. The fraction of sp³-hybridized carbons (Fsp3) is 0.650. The SMILES string of the molecule is COc1ccc(CNC(=O)N2CCCSCC2CN2CCOCC2)cc1OC. The summed E-state index contributed by atoms with van der Waals surface area (Å²) in [5.74, 6) is 3.46. The molecule has 2 amide bonds. The molecule has 0 aromatic heterocycles. The molecule has 2 aliphatic rings. The Morgan fingerprint density at radius 2 is 2.00 bits per heavy atom. The van der Waals surface area contributed by atoms with Gasteiger partial charge in [-0.15, -0.1) is 0 Å². The standard InChI is InChI=1S/C20H31N3O4S/c1-25-18-5-4-16(12-19(18)26-2)13-21-20(24)23-6-3-11-28-15-17(23)14-22-7-9-27-10-8-22/h4-5,12,17H,3,6-11,13-15H2,1-2H3,(H,21,24). The molecule has 2 aliphatic heterocycles. The Hall–Kier alpha value is -1.64. The number of nitrogens with zero attached hydrogens (tertiary/aromatic N) is 2. The Kier molecular flexibility index (Phi) is 8.12. The Labute approximate surface area is 171 Å². The molecule has 1 unspecified atom stereocenters. The minimum Gasteiger partial charge on any atom is -0.493 e. The number of thioether (sulfide) groups is 1. The fourth-order valence-corrected chi connectivity index (χ4v) is 4.66. The van der Waals surface area contributed by atoms with E-state index in [1.54, 1.807) is 14.2 Å². The molecule has 156 valence electrons. The van der Waals surface area contributed by atoms with Gasteiger partial charge in [-0.3, -0.25) is 4.90 Å². The van der Waals surface area contributed by atoms with Crippen LogP contribution >= 0.6 is 11.8 Å². The van der Waals surface area contributed by atoms with Gasteiger partial charge in [-0.1, -0.05) is 6.07 Å². The van der Waals surface area contributed by atoms with Gasteiger partial charge in [0.05, 0.1) is 33.5 Å². The average molecular weight is 410 g/mol. The summed E-state index contributed by atoms with van der Waals surface area (Å²) in [4.78, 5) is 17.4. The largest absolute Gasteiger partial charge is 0.493 e. The second kappa shape index (κ2) is 10.8. The first kappa shape index (κ1) is 21.1. The van der Waals surface area contributed by atoms with Crippen LogP contribution in [-0.2, 0) is 11.3 Å². The summed E-state index contributed by atoms with van der Waals surface area (Å²) in [6.45, 7) is 5.65. The third kappa shape index (κ3) is 5.68. The summed E-state index contributed by atoms with van der Waals surface area (Å²) >= 11 is 1.95. The second-order valence-corrected chi connectivity index (χ2v) is 8.19. The van der Waals surface area contributed by atoms with Gasteiger partial charge in [0.1, 0.15) is 0 Å². The zero-order chi connectivity index (χ0) is 19.8. The van der Waals surface area contributed by atoms with Crippen molar-refractivity contribution in [1.82, 2.24) is 15.1 Å². The van der Waals surface area contributed by atoms with Crippen molar-refractivity contribution >= 4 is 17.8 Å². The maximum Gasteiger partial charge on any atom is 0.317 e.